The predicted octanol–water partition coefficient (Wildman–Crippen LogP) is 1.86. The Kier molecular flexibility index (Phi) is 5.28. The second kappa shape index (κ2) is 6.99. The summed E-state index contributed by atoms with van der Waals surface area (Å²) in [6.07, 6.45) is 1.67. The third-order valence-corrected chi connectivity index (χ3v) is 4.38. The third-order valence-electron chi connectivity index (χ3n) is 3.00. The first-order valence-electron chi connectivity index (χ1n) is 6.22. The van der Waals surface area contributed by atoms with E-state index in [9.17, 15) is 4.79 Å². The molecule has 1 aliphatic rings. The van der Waals surface area contributed by atoms with E-state index >= 15 is 0 Å². The molecule has 118 valence electrons. The van der Waals surface area contributed by atoms with Crippen LogP contribution in [0, 0.1) is 0 Å². The number of methoxy groups -OCH3 is 3. The van der Waals surface area contributed by atoms with Crippen LogP contribution in [0.3, 0.4) is 0 Å². The lowest BCUT2D eigenvalue weighted by Crippen LogP contribution is -2.28. The molecule has 0 bridgehead atoms. The van der Waals surface area contributed by atoms with Crippen molar-refractivity contribution >= 4 is 40.3 Å². The highest BCUT2D eigenvalue weighted by Crippen LogP contribution is 2.40. The molecule has 8 heteroatoms. The molecule has 0 radical (unpaired) electrons. The summed E-state index contributed by atoms with van der Waals surface area (Å²) in [5.41, 5.74) is 0.702. The van der Waals surface area contributed by atoms with E-state index in [4.69, 9.17) is 31.5 Å². The fourth-order valence-corrected chi connectivity index (χ4v) is 3.20. The Bertz CT molecular complexity index is 619. The average Bonchev–Trinajstić information content (AvgIpc) is 2.79. The summed E-state index contributed by atoms with van der Waals surface area (Å²) in [4.78, 5) is 13.6. The number of aliphatic hydroxyl groups excluding tert-OH is 1. The predicted molar refractivity (Wildman–Crippen MR) is 88.2 cm³/mol. The van der Waals surface area contributed by atoms with E-state index in [1.807, 2.05) is 0 Å². The van der Waals surface area contributed by atoms with Gasteiger partial charge in [-0.25, -0.2) is 0 Å². The van der Waals surface area contributed by atoms with Crippen LogP contribution in [0.25, 0.3) is 6.08 Å². The largest absolute Gasteiger partial charge is 0.493 e. The molecule has 6 nitrogen and oxygen atoms in total. The minimum absolute atomic E-state index is 0.325. The Hall–Kier alpha value is -1.77. The van der Waals surface area contributed by atoms with E-state index in [1.165, 1.54) is 21.3 Å². The number of carbonyl (C=O) groups is 1. The highest BCUT2D eigenvalue weighted by molar-refractivity contribution is 8.26. The summed E-state index contributed by atoms with van der Waals surface area (Å²) in [6.45, 7) is -0.433. The number of nitrogens with zero attached hydrogens (tertiary/aromatic N) is 1. The summed E-state index contributed by atoms with van der Waals surface area (Å²) in [7, 11) is 4.56. The van der Waals surface area contributed by atoms with Crippen molar-refractivity contribution in [2.45, 2.75) is 0 Å². The fourth-order valence-electron chi connectivity index (χ4n) is 1.96. The first-order valence-corrected chi connectivity index (χ1v) is 7.44. The summed E-state index contributed by atoms with van der Waals surface area (Å²) in [6, 6.07) is 3.46. The molecule has 22 heavy (non-hydrogen) atoms. The molecule has 0 spiro atoms. The van der Waals surface area contributed by atoms with Gasteiger partial charge in [0.05, 0.1) is 26.2 Å². The zero-order chi connectivity index (χ0) is 16.3. The highest BCUT2D eigenvalue weighted by atomic mass is 32.2. The molecule has 1 aliphatic heterocycles. The summed E-state index contributed by atoms with van der Waals surface area (Å²) < 4.78 is 16.1. The van der Waals surface area contributed by atoms with Crippen molar-refractivity contribution in [3.63, 3.8) is 0 Å². The first kappa shape index (κ1) is 16.6. The Morgan fingerprint density at radius 1 is 1.23 bits per heavy atom. The van der Waals surface area contributed by atoms with Crippen molar-refractivity contribution in [2.24, 2.45) is 0 Å². The zero-order valence-corrected chi connectivity index (χ0v) is 13.9. The van der Waals surface area contributed by atoms with Gasteiger partial charge in [0.1, 0.15) is 11.1 Å². The molecule has 0 aliphatic carbocycles. The smallest absolute Gasteiger partial charge is 0.268 e. The van der Waals surface area contributed by atoms with Crippen LogP contribution >= 0.6 is 24.0 Å². The first-order chi connectivity index (χ1) is 10.5. The van der Waals surface area contributed by atoms with Crippen molar-refractivity contribution in [1.82, 2.24) is 4.90 Å². The lowest BCUT2D eigenvalue weighted by atomic mass is 10.1. The number of carbonyl (C=O) groups excluding carboxylic acids is 1. The minimum Gasteiger partial charge on any atom is -0.493 e. The molecule has 0 atom stereocenters. The fraction of sp³-hybridized carbons (Fsp3) is 0.286. The van der Waals surface area contributed by atoms with Gasteiger partial charge in [-0.05, 0) is 23.8 Å². The highest BCUT2D eigenvalue weighted by Gasteiger charge is 2.31. The number of benzene rings is 1. The van der Waals surface area contributed by atoms with E-state index in [0.717, 1.165) is 16.7 Å². The van der Waals surface area contributed by atoms with E-state index < -0.39 is 6.73 Å². The van der Waals surface area contributed by atoms with Crippen LogP contribution in [-0.2, 0) is 4.79 Å². The molecule has 1 heterocycles. The second-order valence-corrected chi connectivity index (χ2v) is 5.89. The maximum Gasteiger partial charge on any atom is 0.268 e. The van der Waals surface area contributed by atoms with Gasteiger partial charge in [-0.3, -0.25) is 9.69 Å². The van der Waals surface area contributed by atoms with Crippen LogP contribution in [0.1, 0.15) is 5.56 Å². The van der Waals surface area contributed by atoms with Crippen LogP contribution in [0.4, 0.5) is 0 Å². The number of ether oxygens (including phenoxy) is 3. The Balaban J connectivity index is 2.44. The quantitative estimate of drug-likeness (QED) is 0.647. The van der Waals surface area contributed by atoms with Gasteiger partial charge >= 0.3 is 0 Å². The van der Waals surface area contributed by atoms with Crippen molar-refractivity contribution in [1.29, 1.82) is 0 Å². The van der Waals surface area contributed by atoms with E-state index in [0.29, 0.717) is 32.0 Å². The van der Waals surface area contributed by atoms with Crippen LogP contribution < -0.4 is 14.2 Å². The van der Waals surface area contributed by atoms with Gasteiger partial charge in [-0.15, -0.1) is 0 Å². The number of thiocarbonyl (C=S) groups is 1. The number of aliphatic hydroxyl groups is 1. The third kappa shape index (κ3) is 3.03. The van der Waals surface area contributed by atoms with Crippen molar-refractivity contribution < 1.29 is 24.1 Å². The van der Waals surface area contributed by atoms with Crippen LogP contribution in [0.15, 0.2) is 17.0 Å². The molecular weight excluding hydrogens is 326 g/mol. The molecule has 1 saturated heterocycles. The normalized spacial score (nSPS) is 16.4. The number of hydrogen-bond acceptors (Lipinski definition) is 7. The Morgan fingerprint density at radius 2 is 1.82 bits per heavy atom. The van der Waals surface area contributed by atoms with E-state index in [2.05, 4.69) is 0 Å². The molecule has 2 rings (SSSR count). The molecule has 0 aromatic heterocycles. The SMILES string of the molecule is COc1cc(/C=C2/SC(=S)N(CO)C2=O)cc(OC)c1OC. The lowest BCUT2D eigenvalue weighted by Gasteiger charge is -2.13. The van der Waals surface area contributed by atoms with Gasteiger partial charge in [0.25, 0.3) is 5.91 Å². The van der Waals surface area contributed by atoms with Crippen molar-refractivity contribution in [3.8, 4) is 17.2 Å². The zero-order valence-electron chi connectivity index (χ0n) is 12.3. The maximum absolute atomic E-state index is 12.1. The molecule has 0 unspecified atom stereocenters. The van der Waals surface area contributed by atoms with Crippen LogP contribution in [-0.4, -0.2) is 48.3 Å². The molecule has 1 amide bonds. The summed E-state index contributed by atoms with van der Waals surface area (Å²) >= 11 is 6.18. The Morgan fingerprint density at radius 3 is 2.23 bits per heavy atom. The van der Waals surface area contributed by atoms with Crippen molar-refractivity contribution in [3.05, 3.63) is 22.6 Å². The molecular formula is C14H15NO5S2. The number of thioether (sulfide) groups is 1. The molecule has 1 aromatic rings. The van der Waals surface area contributed by atoms with Crippen molar-refractivity contribution in [2.75, 3.05) is 28.1 Å². The maximum atomic E-state index is 12.1. The molecule has 1 fully saturated rings. The second-order valence-electron chi connectivity index (χ2n) is 4.21. The van der Waals surface area contributed by atoms with Gasteiger partial charge < -0.3 is 19.3 Å². The number of rotatable bonds is 5. The summed E-state index contributed by atoms with van der Waals surface area (Å²) in [5.74, 6) is 1.13. The van der Waals surface area contributed by atoms with Gasteiger partial charge in [-0.2, -0.15) is 0 Å². The van der Waals surface area contributed by atoms with E-state index in [1.54, 1.807) is 18.2 Å². The number of amides is 1. The standard InChI is InChI=1S/C14H15NO5S2/c1-18-9-4-8(5-10(19-2)12(9)20-3)6-11-13(17)15(7-16)14(21)22-11/h4-6,16H,7H2,1-3H3/b11-6+. The minimum atomic E-state index is -0.433. The van der Waals surface area contributed by atoms with Crippen LogP contribution in [0.2, 0.25) is 0 Å². The summed E-state index contributed by atoms with van der Waals surface area (Å²) in [5, 5.41) is 9.14. The molecule has 1 N–H and O–H groups in total. The van der Waals surface area contributed by atoms with Gasteiger partial charge in [0.2, 0.25) is 5.75 Å². The van der Waals surface area contributed by atoms with Crippen LogP contribution in [0.5, 0.6) is 17.2 Å². The van der Waals surface area contributed by atoms with Gasteiger partial charge in [0, 0.05) is 0 Å². The topological polar surface area (TPSA) is 68.2 Å². The monoisotopic (exact) mass is 341 g/mol. The van der Waals surface area contributed by atoms with Gasteiger partial charge in [-0.1, -0.05) is 24.0 Å². The lowest BCUT2D eigenvalue weighted by molar-refractivity contribution is -0.124. The number of hydrogen-bond donors (Lipinski definition) is 1. The molecule has 0 saturated carbocycles. The molecule has 1 aromatic carbocycles. The average molecular weight is 341 g/mol. The van der Waals surface area contributed by atoms with Gasteiger partial charge in [0.15, 0.2) is 11.5 Å². The Labute approximate surface area is 137 Å². The van der Waals surface area contributed by atoms with E-state index in [-0.39, 0.29) is 5.91 Å².